The molecule has 1 aromatic rings. The average molecular weight is 638 g/mol. The summed E-state index contributed by atoms with van der Waals surface area (Å²) >= 11 is 9.80. The summed E-state index contributed by atoms with van der Waals surface area (Å²) < 4.78 is 5.67. The van der Waals surface area contributed by atoms with Gasteiger partial charge in [-0.25, -0.2) is 0 Å². The van der Waals surface area contributed by atoms with Crippen LogP contribution in [0.2, 0.25) is 0 Å². The minimum atomic E-state index is 1.22. The average Bonchev–Trinajstić information content (AvgIpc) is 2.15. The monoisotopic (exact) mass is 638 g/mol. The quantitative estimate of drug-likeness (QED) is 0.306. The fourth-order valence-electron chi connectivity index (χ4n) is 1.20. The van der Waals surface area contributed by atoms with E-state index in [-0.39, 0.29) is 0 Å². The molecule has 0 aliphatic carbocycles. The van der Waals surface area contributed by atoms with Crippen molar-refractivity contribution in [2.75, 3.05) is 0 Å². The normalized spacial score (nSPS) is 10.6. The number of benzene rings is 1. The van der Waals surface area contributed by atoms with Gasteiger partial charge in [-0.15, -0.1) is 0 Å². The van der Waals surface area contributed by atoms with Crippen LogP contribution >= 0.6 is 90.4 Å². The highest BCUT2D eigenvalue weighted by Gasteiger charge is 2.11. The zero-order valence-corrected chi connectivity index (χ0v) is 16.3. The molecule has 0 amide bonds. The Labute approximate surface area is 140 Å². The zero-order valence-electron chi connectivity index (χ0n) is 7.71. The molecule has 0 nitrogen and oxygen atoms in total. The minimum Gasteiger partial charge on any atom is -0.0654 e. The first-order chi connectivity index (χ1) is 6.57. The Morgan fingerprint density at radius 2 is 1.50 bits per heavy atom. The highest BCUT2D eigenvalue weighted by atomic mass is 127. The molecule has 0 unspecified atom stereocenters. The molecule has 1 aromatic carbocycles. The smallest absolute Gasteiger partial charge is 0.0307 e. The fourth-order valence-corrected chi connectivity index (χ4v) is 4.97. The maximum Gasteiger partial charge on any atom is 0.0307 e. The molecule has 0 aromatic heterocycles. The SMILES string of the molecule is CCCCc1c(I)c(I)cc(I)c1I. The van der Waals surface area contributed by atoms with Crippen LogP contribution in [0.3, 0.4) is 0 Å². The molecule has 0 atom stereocenters. The molecule has 0 fully saturated rings. The number of hydrogen-bond donors (Lipinski definition) is 0. The second-order valence-electron chi connectivity index (χ2n) is 3.05. The highest BCUT2D eigenvalue weighted by Crippen LogP contribution is 2.29. The molecule has 0 N–H and O–H groups in total. The molecule has 78 valence electrons. The Morgan fingerprint density at radius 1 is 1.00 bits per heavy atom. The van der Waals surface area contributed by atoms with Gasteiger partial charge in [0.2, 0.25) is 0 Å². The Balaban J connectivity index is 3.11. The van der Waals surface area contributed by atoms with Gasteiger partial charge in [0, 0.05) is 14.3 Å². The van der Waals surface area contributed by atoms with Crippen molar-refractivity contribution in [1.82, 2.24) is 0 Å². The van der Waals surface area contributed by atoms with E-state index in [0.29, 0.717) is 0 Å². The summed E-state index contributed by atoms with van der Waals surface area (Å²) in [7, 11) is 0. The van der Waals surface area contributed by atoms with Crippen molar-refractivity contribution in [3.63, 3.8) is 0 Å². The minimum absolute atomic E-state index is 1.22. The molecule has 0 bridgehead atoms. The number of rotatable bonds is 3. The summed E-state index contributed by atoms with van der Waals surface area (Å²) in [4.78, 5) is 0. The summed E-state index contributed by atoms with van der Waals surface area (Å²) in [5, 5.41) is 0. The van der Waals surface area contributed by atoms with Crippen molar-refractivity contribution in [2.45, 2.75) is 26.2 Å². The van der Waals surface area contributed by atoms with Crippen LogP contribution in [0.5, 0.6) is 0 Å². The highest BCUT2D eigenvalue weighted by molar-refractivity contribution is 14.1. The Hall–Kier alpha value is 2.14. The molecule has 0 saturated heterocycles. The van der Waals surface area contributed by atoms with E-state index in [1.165, 1.54) is 33.5 Å². The largest absolute Gasteiger partial charge is 0.0654 e. The van der Waals surface area contributed by atoms with Crippen LogP contribution < -0.4 is 0 Å². The predicted molar refractivity (Wildman–Crippen MR) is 95.9 cm³/mol. The lowest BCUT2D eigenvalue weighted by Gasteiger charge is -2.10. The van der Waals surface area contributed by atoms with E-state index in [4.69, 9.17) is 0 Å². The topological polar surface area (TPSA) is 0 Å². The van der Waals surface area contributed by atoms with Crippen LogP contribution in [0.25, 0.3) is 0 Å². The van der Waals surface area contributed by atoms with Gasteiger partial charge >= 0.3 is 0 Å². The molecular weight excluding hydrogens is 628 g/mol. The van der Waals surface area contributed by atoms with Crippen LogP contribution in [-0.2, 0) is 6.42 Å². The third-order valence-electron chi connectivity index (χ3n) is 1.98. The number of unbranched alkanes of at least 4 members (excludes halogenated alkanes) is 1. The Kier molecular flexibility index (Phi) is 6.87. The van der Waals surface area contributed by atoms with Gasteiger partial charge in [0.1, 0.15) is 0 Å². The third-order valence-corrected chi connectivity index (χ3v) is 8.21. The predicted octanol–water partition coefficient (Wildman–Crippen LogP) is 5.45. The molecule has 14 heavy (non-hydrogen) atoms. The van der Waals surface area contributed by atoms with Gasteiger partial charge < -0.3 is 0 Å². The van der Waals surface area contributed by atoms with Gasteiger partial charge in [0.25, 0.3) is 0 Å². The van der Waals surface area contributed by atoms with E-state index in [1.54, 1.807) is 5.56 Å². The van der Waals surface area contributed by atoms with Crippen LogP contribution in [0.1, 0.15) is 25.3 Å². The molecule has 4 heteroatoms. The van der Waals surface area contributed by atoms with Crippen LogP contribution in [-0.4, -0.2) is 0 Å². The van der Waals surface area contributed by atoms with Crippen molar-refractivity contribution in [2.24, 2.45) is 0 Å². The summed E-state index contributed by atoms with van der Waals surface area (Å²) in [5.74, 6) is 0. The maximum atomic E-state index is 2.47. The van der Waals surface area contributed by atoms with E-state index in [2.05, 4.69) is 103 Å². The van der Waals surface area contributed by atoms with Crippen LogP contribution in [0, 0.1) is 14.3 Å². The fraction of sp³-hybridized carbons (Fsp3) is 0.400. The van der Waals surface area contributed by atoms with E-state index >= 15 is 0 Å². The lowest BCUT2D eigenvalue weighted by molar-refractivity contribution is 0.788. The molecule has 0 heterocycles. The number of halogens is 4. The van der Waals surface area contributed by atoms with Gasteiger partial charge in [-0.3, -0.25) is 0 Å². The Bertz CT molecular complexity index is 307. The van der Waals surface area contributed by atoms with Gasteiger partial charge in [-0.05, 0) is 115 Å². The van der Waals surface area contributed by atoms with E-state index in [9.17, 15) is 0 Å². The van der Waals surface area contributed by atoms with Gasteiger partial charge in [0.15, 0.2) is 0 Å². The lowest BCUT2D eigenvalue weighted by Crippen LogP contribution is -1.99. The van der Waals surface area contributed by atoms with Crippen molar-refractivity contribution >= 4 is 90.4 Å². The van der Waals surface area contributed by atoms with Crippen molar-refractivity contribution in [3.8, 4) is 0 Å². The molecule has 0 spiro atoms. The summed E-state index contributed by atoms with van der Waals surface area (Å²) in [6, 6.07) is 2.26. The standard InChI is InChI=1S/C10H10I4/c1-2-3-4-6-9(13)7(11)5-8(12)10(6)14/h5H,2-4H2,1H3. The second kappa shape index (κ2) is 6.77. The third kappa shape index (κ3) is 3.57. The summed E-state index contributed by atoms with van der Waals surface area (Å²) in [6.07, 6.45) is 3.79. The molecule has 0 radical (unpaired) electrons. The second-order valence-corrected chi connectivity index (χ2v) is 7.53. The number of hydrogen-bond acceptors (Lipinski definition) is 0. The van der Waals surface area contributed by atoms with E-state index in [1.807, 2.05) is 0 Å². The van der Waals surface area contributed by atoms with Crippen molar-refractivity contribution in [3.05, 3.63) is 25.9 Å². The first-order valence-electron chi connectivity index (χ1n) is 4.39. The lowest BCUT2D eigenvalue weighted by atomic mass is 10.1. The van der Waals surface area contributed by atoms with E-state index < -0.39 is 0 Å². The van der Waals surface area contributed by atoms with Crippen LogP contribution in [0.15, 0.2) is 6.07 Å². The Morgan fingerprint density at radius 3 is 1.93 bits per heavy atom. The molecule has 0 aliphatic rings. The van der Waals surface area contributed by atoms with Crippen LogP contribution in [0.4, 0.5) is 0 Å². The summed E-state index contributed by atoms with van der Waals surface area (Å²) in [5.41, 5.74) is 1.55. The van der Waals surface area contributed by atoms with Crippen molar-refractivity contribution < 1.29 is 0 Å². The first kappa shape index (κ1) is 14.2. The van der Waals surface area contributed by atoms with E-state index in [0.717, 1.165) is 0 Å². The molecule has 0 saturated carbocycles. The zero-order chi connectivity index (χ0) is 10.7. The maximum absolute atomic E-state index is 2.47. The van der Waals surface area contributed by atoms with Gasteiger partial charge in [0.05, 0.1) is 0 Å². The molecular formula is C10H10I4. The first-order valence-corrected chi connectivity index (χ1v) is 8.71. The summed E-state index contributed by atoms with van der Waals surface area (Å²) in [6.45, 7) is 2.25. The molecule has 1 rings (SSSR count). The molecule has 0 aliphatic heterocycles. The van der Waals surface area contributed by atoms with Gasteiger partial charge in [-0.1, -0.05) is 13.3 Å². The van der Waals surface area contributed by atoms with Gasteiger partial charge in [-0.2, -0.15) is 0 Å². The van der Waals surface area contributed by atoms with Crippen molar-refractivity contribution in [1.29, 1.82) is 0 Å².